The van der Waals surface area contributed by atoms with E-state index in [2.05, 4.69) is 20.9 Å². The summed E-state index contributed by atoms with van der Waals surface area (Å²) in [5, 5.41) is 12.0. The van der Waals surface area contributed by atoms with Crippen molar-refractivity contribution in [3.05, 3.63) is 85.9 Å². The molecule has 0 aliphatic carbocycles. The van der Waals surface area contributed by atoms with Crippen molar-refractivity contribution in [2.75, 3.05) is 31.1 Å². The number of carbonyl (C=O) groups is 1. The van der Waals surface area contributed by atoms with E-state index in [-0.39, 0.29) is 16.5 Å². The largest absolute Gasteiger partial charge is 0.457 e. The molecule has 5 rings (SSSR count). The van der Waals surface area contributed by atoms with E-state index < -0.39 is 0 Å². The molecule has 0 saturated carbocycles. The van der Waals surface area contributed by atoms with Gasteiger partial charge in [-0.3, -0.25) is 14.9 Å². The van der Waals surface area contributed by atoms with Crippen LogP contribution >= 0.6 is 27.7 Å². The van der Waals surface area contributed by atoms with E-state index in [0.29, 0.717) is 47.7 Å². The first-order valence-electron chi connectivity index (χ1n) is 10.6. The number of thioether (sulfide) groups is 1. The van der Waals surface area contributed by atoms with Crippen LogP contribution in [-0.2, 0) is 4.79 Å². The molecule has 0 radical (unpaired) electrons. The number of para-hydroxylation sites is 2. The normalized spacial score (nSPS) is 17.4. The summed E-state index contributed by atoms with van der Waals surface area (Å²) in [5.74, 6) is 1.02. The Bertz CT molecular complexity index is 1310. The van der Waals surface area contributed by atoms with Crippen molar-refractivity contribution < 1.29 is 14.1 Å². The summed E-state index contributed by atoms with van der Waals surface area (Å²) in [4.78, 5) is 32.3. The third-order valence-electron chi connectivity index (χ3n) is 5.61. The zero-order valence-electron chi connectivity index (χ0n) is 17.9. The SMILES string of the molecule is O=C1N=C(N2CCN(c3ccccc3[N+](=O)[O-])CC2)SC1=Cc1ccc(-c2ccc(Br)cc2)o1. The Labute approximate surface area is 208 Å². The molecule has 1 fully saturated rings. The Morgan fingerprint density at radius 3 is 2.44 bits per heavy atom. The van der Waals surface area contributed by atoms with Crippen molar-refractivity contribution in [1.29, 1.82) is 0 Å². The van der Waals surface area contributed by atoms with Gasteiger partial charge in [0.15, 0.2) is 5.17 Å². The smallest absolute Gasteiger partial charge is 0.292 e. The van der Waals surface area contributed by atoms with Crippen LogP contribution in [0.5, 0.6) is 0 Å². The molecule has 2 aliphatic rings. The average Bonchev–Trinajstić information content (AvgIpc) is 3.47. The summed E-state index contributed by atoms with van der Waals surface area (Å²) in [6.07, 6.45) is 1.72. The molecule has 1 aromatic heterocycles. The van der Waals surface area contributed by atoms with Crippen molar-refractivity contribution in [1.82, 2.24) is 4.90 Å². The quantitative estimate of drug-likeness (QED) is 0.249. The van der Waals surface area contributed by atoms with Gasteiger partial charge in [0.2, 0.25) is 0 Å². The number of nitro benzene ring substituents is 1. The molecule has 2 aliphatic heterocycles. The highest BCUT2D eigenvalue weighted by Crippen LogP contribution is 2.33. The maximum absolute atomic E-state index is 12.5. The maximum atomic E-state index is 12.5. The molecule has 0 atom stereocenters. The molecule has 2 aromatic carbocycles. The van der Waals surface area contributed by atoms with E-state index in [1.165, 1.54) is 17.8 Å². The van der Waals surface area contributed by atoms with E-state index in [4.69, 9.17) is 4.42 Å². The van der Waals surface area contributed by atoms with Crippen LogP contribution in [0.1, 0.15) is 5.76 Å². The molecule has 10 heteroatoms. The highest BCUT2D eigenvalue weighted by molar-refractivity contribution is 9.10. The van der Waals surface area contributed by atoms with Gasteiger partial charge in [-0.25, -0.2) is 0 Å². The summed E-state index contributed by atoms with van der Waals surface area (Å²) in [7, 11) is 0. The zero-order valence-corrected chi connectivity index (χ0v) is 20.3. The number of carbonyl (C=O) groups excluding carboxylic acids is 1. The van der Waals surface area contributed by atoms with Gasteiger partial charge in [-0.05, 0) is 42.1 Å². The number of amidine groups is 1. The van der Waals surface area contributed by atoms with Crippen LogP contribution in [0.25, 0.3) is 17.4 Å². The average molecular weight is 539 g/mol. The number of furan rings is 1. The second kappa shape index (κ2) is 9.47. The van der Waals surface area contributed by atoms with Gasteiger partial charge in [-0.2, -0.15) is 4.99 Å². The van der Waals surface area contributed by atoms with Crippen LogP contribution < -0.4 is 4.90 Å². The lowest BCUT2D eigenvalue weighted by Gasteiger charge is -2.36. The fourth-order valence-corrected chi connectivity index (χ4v) is 5.10. The van der Waals surface area contributed by atoms with E-state index in [0.717, 1.165) is 15.8 Å². The van der Waals surface area contributed by atoms with Gasteiger partial charge < -0.3 is 14.2 Å². The van der Waals surface area contributed by atoms with Crippen molar-refractivity contribution in [3.8, 4) is 11.3 Å². The summed E-state index contributed by atoms with van der Waals surface area (Å²) >= 11 is 4.75. The number of benzene rings is 2. The van der Waals surface area contributed by atoms with Crippen molar-refractivity contribution in [2.24, 2.45) is 4.99 Å². The lowest BCUT2D eigenvalue weighted by atomic mass is 10.2. The number of amides is 1. The Hall–Kier alpha value is -3.37. The monoisotopic (exact) mass is 538 g/mol. The molecule has 8 nitrogen and oxygen atoms in total. The number of anilines is 1. The van der Waals surface area contributed by atoms with Crippen LogP contribution in [0.2, 0.25) is 0 Å². The van der Waals surface area contributed by atoms with Crippen molar-refractivity contribution in [2.45, 2.75) is 0 Å². The summed E-state index contributed by atoms with van der Waals surface area (Å²) < 4.78 is 6.90. The summed E-state index contributed by atoms with van der Waals surface area (Å²) in [6, 6.07) is 18.3. The van der Waals surface area contributed by atoms with Gasteiger partial charge in [0.25, 0.3) is 11.6 Å². The molecule has 3 aromatic rings. The van der Waals surface area contributed by atoms with Gasteiger partial charge in [0, 0.05) is 48.4 Å². The Morgan fingerprint density at radius 1 is 1.00 bits per heavy atom. The second-order valence-electron chi connectivity index (χ2n) is 7.74. The van der Waals surface area contributed by atoms with Crippen LogP contribution in [0.4, 0.5) is 11.4 Å². The van der Waals surface area contributed by atoms with Gasteiger partial charge >= 0.3 is 0 Å². The standard InChI is InChI=1S/C24H19BrN4O4S/c25-17-7-5-16(6-8-17)21-10-9-18(33-21)15-22-23(30)26-24(34-22)28-13-11-27(12-14-28)19-3-1-2-4-20(19)29(31)32/h1-10,15H,11-14H2. The predicted molar refractivity (Wildman–Crippen MR) is 137 cm³/mol. The number of hydrogen-bond acceptors (Lipinski definition) is 7. The minimum absolute atomic E-state index is 0.102. The van der Waals surface area contributed by atoms with E-state index in [9.17, 15) is 14.9 Å². The lowest BCUT2D eigenvalue weighted by molar-refractivity contribution is -0.384. The third-order valence-corrected chi connectivity index (χ3v) is 7.18. The van der Waals surface area contributed by atoms with Crippen LogP contribution in [0, 0.1) is 10.1 Å². The third kappa shape index (κ3) is 4.64. The van der Waals surface area contributed by atoms with E-state index in [1.54, 1.807) is 24.3 Å². The number of hydrogen-bond donors (Lipinski definition) is 0. The first kappa shape index (κ1) is 22.4. The molecule has 1 amide bonds. The highest BCUT2D eigenvalue weighted by atomic mass is 79.9. The molecule has 0 unspecified atom stereocenters. The molecule has 0 bridgehead atoms. The summed E-state index contributed by atoms with van der Waals surface area (Å²) in [6.45, 7) is 2.44. The van der Waals surface area contributed by atoms with Crippen LogP contribution in [0.15, 0.2) is 79.5 Å². The molecule has 3 heterocycles. The first-order valence-corrected chi connectivity index (χ1v) is 12.2. The molecular formula is C24H19BrN4O4S. The van der Waals surface area contributed by atoms with Crippen molar-refractivity contribution >= 4 is 56.2 Å². The Morgan fingerprint density at radius 2 is 1.71 bits per heavy atom. The Kier molecular flexibility index (Phi) is 6.25. The molecular weight excluding hydrogens is 520 g/mol. The number of piperazine rings is 1. The summed E-state index contributed by atoms with van der Waals surface area (Å²) in [5.41, 5.74) is 1.67. The number of rotatable bonds is 4. The number of halogens is 1. The predicted octanol–water partition coefficient (Wildman–Crippen LogP) is 5.41. The fraction of sp³-hybridized carbons (Fsp3) is 0.167. The number of nitrogens with zero attached hydrogens (tertiary/aromatic N) is 4. The van der Waals surface area contributed by atoms with Gasteiger partial charge in [-0.1, -0.05) is 40.2 Å². The maximum Gasteiger partial charge on any atom is 0.292 e. The van der Waals surface area contributed by atoms with Crippen LogP contribution in [-0.4, -0.2) is 47.1 Å². The number of aliphatic imine (C=N–C) groups is 1. The molecule has 172 valence electrons. The molecule has 0 spiro atoms. The minimum Gasteiger partial charge on any atom is -0.457 e. The zero-order chi connectivity index (χ0) is 23.7. The molecule has 34 heavy (non-hydrogen) atoms. The Balaban J connectivity index is 1.24. The lowest BCUT2D eigenvalue weighted by Crippen LogP contribution is -2.48. The van der Waals surface area contributed by atoms with E-state index in [1.807, 2.05) is 46.2 Å². The topological polar surface area (TPSA) is 92.2 Å². The molecule has 0 N–H and O–H groups in total. The highest BCUT2D eigenvalue weighted by Gasteiger charge is 2.30. The number of nitro groups is 1. The van der Waals surface area contributed by atoms with E-state index >= 15 is 0 Å². The van der Waals surface area contributed by atoms with Gasteiger partial charge in [0.05, 0.1) is 9.83 Å². The van der Waals surface area contributed by atoms with Gasteiger partial charge in [0.1, 0.15) is 17.2 Å². The first-order chi connectivity index (χ1) is 16.5. The second-order valence-corrected chi connectivity index (χ2v) is 9.66. The molecule has 1 saturated heterocycles. The van der Waals surface area contributed by atoms with Gasteiger partial charge in [-0.15, -0.1) is 0 Å². The van der Waals surface area contributed by atoms with Crippen molar-refractivity contribution in [3.63, 3.8) is 0 Å². The fourth-order valence-electron chi connectivity index (χ4n) is 3.89. The van der Waals surface area contributed by atoms with Crippen LogP contribution in [0.3, 0.4) is 0 Å². The minimum atomic E-state index is -0.356.